The van der Waals surface area contributed by atoms with Crippen molar-refractivity contribution in [2.75, 3.05) is 44.2 Å². The SMILES string of the molecule is O=C1N(CCCCN2CCN(c3ccccc3)CC2)C(c2ccccc2)(c2ccccc2)C(=O)N1C(c1ccccc1)(c1ccccc1)c1ccccc1. The van der Waals surface area contributed by atoms with Gasteiger partial charge in [-0.25, -0.2) is 9.69 Å². The molecule has 0 bridgehead atoms. The second kappa shape index (κ2) is 15.6. The summed E-state index contributed by atoms with van der Waals surface area (Å²) in [4.78, 5) is 40.2. The maximum Gasteiger partial charge on any atom is 0.329 e. The van der Waals surface area contributed by atoms with Gasteiger partial charge in [0, 0.05) is 38.4 Å². The number of amides is 3. The van der Waals surface area contributed by atoms with Crippen molar-refractivity contribution in [3.05, 3.63) is 210 Å². The summed E-state index contributed by atoms with van der Waals surface area (Å²) in [6.45, 7) is 5.33. The topological polar surface area (TPSA) is 47.1 Å². The number of para-hydroxylation sites is 1. The van der Waals surface area contributed by atoms with Gasteiger partial charge in [0.15, 0.2) is 5.54 Å². The van der Waals surface area contributed by atoms with E-state index in [-0.39, 0.29) is 11.9 Å². The largest absolute Gasteiger partial charge is 0.369 e. The molecule has 2 saturated heterocycles. The Hall–Kier alpha value is -5.98. The first-order chi connectivity index (χ1) is 26.6. The van der Waals surface area contributed by atoms with E-state index in [2.05, 4.69) is 40.1 Å². The molecular formula is C48H46N4O2. The predicted molar refractivity (Wildman–Crippen MR) is 216 cm³/mol. The van der Waals surface area contributed by atoms with Gasteiger partial charge in [0.1, 0.15) is 5.54 Å². The molecule has 0 radical (unpaired) electrons. The molecule has 8 rings (SSSR count). The van der Waals surface area contributed by atoms with E-state index in [4.69, 9.17) is 0 Å². The number of benzene rings is 6. The van der Waals surface area contributed by atoms with Crippen LogP contribution in [0.25, 0.3) is 0 Å². The second-order valence-electron chi connectivity index (χ2n) is 14.2. The number of piperazine rings is 1. The van der Waals surface area contributed by atoms with Gasteiger partial charge in [0.2, 0.25) is 0 Å². The van der Waals surface area contributed by atoms with Gasteiger partial charge in [0.25, 0.3) is 5.91 Å². The Labute approximate surface area is 318 Å². The Kier molecular flexibility index (Phi) is 10.1. The summed E-state index contributed by atoms with van der Waals surface area (Å²) in [6, 6.07) is 60.1. The highest BCUT2D eigenvalue weighted by Crippen LogP contribution is 2.52. The fraction of sp³-hybridized carbons (Fsp3) is 0.208. The van der Waals surface area contributed by atoms with Crippen LogP contribution in [0.5, 0.6) is 0 Å². The minimum Gasteiger partial charge on any atom is -0.369 e. The summed E-state index contributed by atoms with van der Waals surface area (Å²) in [6.07, 6.45) is 1.66. The Bertz CT molecular complexity index is 1990. The molecule has 2 fully saturated rings. The first-order valence-electron chi connectivity index (χ1n) is 19.1. The molecule has 2 heterocycles. The number of hydrogen-bond acceptors (Lipinski definition) is 4. The number of carbonyl (C=O) groups excluding carboxylic acids is 2. The minimum absolute atomic E-state index is 0.265. The third-order valence-electron chi connectivity index (χ3n) is 11.2. The van der Waals surface area contributed by atoms with Crippen molar-refractivity contribution in [1.29, 1.82) is 0 Å². The van der Waals surface area contributed by atoms with Crippen molar-refractivity contribution in [3.8, 4) is 0 Å². The van der Waals surface area contributed by atoms with Crippen molar-refractivity contribution >= 4 is 17.6 Å². The second-order valence-corrected chi connectivity index (χ2v) is 14.2. The van der Waals surface area contributed by atoms with Crippen molar-refractivity contribution in [3.63, 3.8) is 0 Å². The molecule has 3 amide bonds. The quantitative estimate of drug-likeness (QED) is 0.0724. The molecule has 0 aromatic heterocycles. The summed E-state index contributed by atoms with van der Waals surface area (Å²) in [5.74, 6) is -0.265. The lowest BCUT2D eigenvalue weighted by Gasteiger charge is -2.42. The molecule has 6 heteroatoms. The van der Waals surface area contributed by atoms with Crippen LogP contribution in [0.1, 0.15) is 40.7 Å². The van der Waals surface area contributed by atoms with Crippen LogP contribution in [0.15, 0.2) is 182 Å². The van der Waals surface area contributed by atoms with E-state index < -0.39 is 11.1 Å². The number of nitrogens with zero attached hydrogens (tertiary/aromatic N) is 4. The number of carbonyl (C=O) groups is 2. The van der Waals surface area contributed by atoms with Crippen LogP contribution in [0.2, 0.25) is 0 Å². The van der Waals surface area contributed by atoms with Crippen molar-refractivity contribution in [2.24, 2.45) is 0 Å². The van der Waals surface area contributed by atoms with Crippen LogP contribution in [-0.2, 0) is 15.9 Å². The number of urea groups is 1. The molecule has 6 aromatic rings. The lowest BCUT2D eigenvalue weighted by Crippen LogP contribution is -2.53. The van der Waals surface area contributed by atoms with Crippen molar-refractivity contribution < 1.29 is 9.59 Å². The molecular weight excluding hydrogens is 665 g/mol. The van der Waals surface area contributed by atoms with Crippen LogP contribution in [0, 0.1) is 0 Å². The zero-order valence-electron chi connectivity index (χ0n) is 30.6. The van der Waals surface area contributed by atoms with E-state index in [0.717, 1.165) is 73.4 Å². The number of unbranched alkanes of at least 4 members (excludes halogenated alkanes) is 1. The highest BCUT2D eigenvalue weighted by Gasteiger charge is 2.65. The van der Waals surface area contributed by atoms with E-state index in [1.165, 1.54) is 5.69 Å². The zero-order chi connectivity index (χ0) is 36.8. The normalized spacial score (nSPS) is 16.2. The highest BCUT2D eigenvalue weighted by atomic mass is 16.2. The summed E-state index contributed by atoms with van der Waals surface area (Å²) in [7, 11) is 0. The Morgan fingerprint density at radius 3 is 1.30 bits per heavy atom. The van der Waals surface area contributed by atoms with Gasteiger partial charge in [-0.05, 0) is 59.3 Å². The standard InChI is InChI=1S/C48H46N4O2/c53-45-48(42-27-13-4-14-28-42,43-29-15-5-16-30-43)51(34-20-19-33-49-35-37-50(38-36-49)44-31-17-6-18-32-44)46(54)52(45)47(39-21-7-1-8-22-39,40-23-9-2-10-24-40)41-25-11-3-12-26-41/h1-18,21-32H,19-20,33-38H2. The van der Waals surface area contributed by atoms with Gasteiger partial charge in [-0.1, -0.05) is 170 Å². The predicted octanol–water partition coefficient (Wildman–Crippen LogP) is 8.79. The van der Waals surface area contributed by atoms with Gasteiger partial charge in [0.05, 0.1) is 0 Å². The zero-order valence-corrected chi connectivity index (χ0v) is 30.6. The Balaban J connectivity index is 1.20. The lowest BCUT2D eigenvalue weighted by atomic mass is 9.74. The third-order valence-corrected chi connectivity index (χ3v) is 11.2. The number of hydrogen-bond donors (Lipinski definition) is 0. The maximum atomic E-state index is 16.1. The summed E-state index contributed by atoms with van der Waals surface area (Å²) in [5, 5.41) is 0. The number of anilines is 1. The van der Waals surface area contributed by atoms with Crippen LogP contribution >= 0.6 is 0 Å². The van der Waals surface area contributed by atoms with Crippen LogP contribution in [0.3, 0.4) is 0 Å². The fourth-order valence-corrected chi connectivity index (χ4v) is 8.67. The molecule has 0 N–H and O–H groups in total. The van der Waals surface area contributed by atoms with Gasteiger partial charge >= 0.3 is 6.03 Å². The molecule has 6 aromatic carbocycles. The van der Waals surface area contributed by atoms with Crippen LogP contribution < -0.4 is 4.90 Å². The lowest BCUT2D eigenvalue weighted by molar-refractivity contribution is -0.134. The fourth-order valence-electron chi connectivity index (χ4n) is 8.67. The third kappa shape index (κ3) is 6.16. The van der Waals surface area contributed by atoms with Crippen molar-refractivity contribution in [2.45, 2.75) is 23.9 Å². The average molecular weight is 711 g/mol. The molecule has 2 aliphatic heterocycles. The van der Waals surface area contributed by atoms with E-state index in [0.29, 0.717) is 6.54 Å². The first-order valence-corrected chi connectivity index (χ1v) is 19.1. The summed E-state index contributed by atoms with van der Waals surface area (Å²) >= 11 is 0. The molecule has 6 nitrogen and oxygen atoms in total. The highest BCUT2D eigenvalue weighted by molar-refractivity contribution is 6.11. The van der Waals surface area contributed by atoms with Gasteiger partial charge in [-0.3, -0.25) is 9.69 Å². The molecule has 270 valence electrons. The van der Waals surface area contributed by atoms with E-state index >= 15 is 9.59 Å². The molecule has 0 aliphatic carbocycles. The molecule has 54 heavy (non-hydrogen) atoms. The van der Waals surface area contributed by atoms with Gasteiger partial charge in [-0.2, -0.15) is 0 Å². The smallest absolute Gasteiger partial charge is 0.329 e. The molecule has 2 aliphatic rings. The summed E-state index contributed by atoms with van der Waals surface area (Å²) < 4.78 is 0. The molecule has 0 saturated carbocycles. The van der Waals surface area contributed by atoms with Gasteiger partial charge < -0.3 is 9.80 Å². The molecule has 0 unspecified atom stereocenters. The van der Waals surface area contributed by atoms with E-state index in [1.807, 2.05) is 157 Å². The molecule has 0 atom stereocenters. The van der Waals surface area contributed by atoms with Crippen molar-refractivity contribution in [1.82, 2.24) is 14.7 Å². The number of rotatable bonds is 12. The van der Waals surface area contributed by atoms with Crippen LogP contribution in [-0.4, -0.2) is 65.9 Å². The van der Waals surface area contributed by atoms with E-state index in [9.17, 15) is 0 Å². The minimum atomic E-state index is -1.38. The Morgan fingerprint density at radius 2 is 0.852 bits per heavy atom. The van der Waals surface area contributed by atoms with Crippen LogP contribution in [0.4, 0.5) is 10.5 Å². The monoisotopic (exact) mass is 710 g/mol. The van der Waals surface area contributed by atoms with E-state index in [1.54, 1.807) is 4.90 Å². The number of imide groups is 1. The average Bonchev–Trinajstić information content (AvgIpc) is 3.47. The first kappa shape index (κ1) is 35.1. The molecule has 0 spiro atoms. The Morgan fingerprint density at radius 1 is 0.463 bits per heavy atom. The van der Waals surface area contributed by atoms with Gasteiger partial charge in [-0.15, -0.1) is 0 Å². The maximum absolute atomic E-state index is 16.1. The summed E-state index contributed by atoms with van der Waals surface area (Å²) in [5.41, 5.74) is 2.72.